The molecule has 0 unspecified atom stereocenters. The van der Waals surface area contributed by atoms with Gasteiger partial charge in [-0.3, -0.25) is 14.9 Å². The van der Waals surface area contributed by atoms with E-state index in [-0.39, 0.29) is 18.1 Å². The second-order valence-electron chi connectivity index (χ2n) is 7.64. The van der Waals surface area contributed by atoms with Crippen LogP contribution in [0.15, 0.2) is 58.6 Å². The zero-order valence-corrected chi connectivity index (χ0v) is 19.3. The Morgan fingerprint density at radius 1 is 0.970 bits per heavy atom. The molecule has 0 saturated carbocycles. The molecule has 8 nitrogen and oxygen atoms in total. The molecule has 33 heavy (non-hydrogen) atoms. The number of urea groups is 1. The fraction of sp³-hybridized carbons (Fsp3) is 0.125. The van der Waals surface area contributed by atoms with Gasteiger partial charge in [-0.2, -0.15) is 0 Å². The second-order valence-corrected chi connectivity index (χ2v) is 8.55. The number of anilines is 1. The summed E-state index contributed by atoms with van der Waals surface area (Å²) in [4.78, 5) is 39.3. The molecule has 9 heteroatoms. The summed E-state index contributed by atoms with van der Waals surface area (Å²) >= 11 is 3.49. The number of halogens is 1. The van der Waals surface area contributed by atoms with Crippen LogP contribution >= 0.6 is 15.9 Å². The van der Waals surface area contributed by atoms with Crippen molar-refractivity contribution < 1.29 is 23.9 Å². The van der Waals surface area contributed by atoms with Gasteiger partial charge in [-0.15, -0.1) is 0 Å². The van der Waals surface area contributed by atoms with Crippen LogP contribution in [0.25, 0.3) is 11.8 Å². The molecule has 5 rings (SSSR count). The van der Waals surface area contributed by atoms with Gasteiger partial charge < -0.3 is 14.0 Å². The number of nitrogens with zero attached hydrogens (tertiary/aromatic N) is 2. The van der Waals surface area contributed by atoms with Crippen molar-refractivity contribution in [1.29, 1.82) is 0 Å². The molecular weight excluding hydrogens is 490 g/mol. The highest BCUT2D eigenvalue weighted by atomic mass is 79.9. The van der Waals surface area contributed by atoms with Crippen LogP contribution in [0, 0.1) is 13.8 Å². The highest BCUT2D eigenvalue weighted by Crippen LogP contribution is 2.36. The van der Waals surface area contributed by atoms with Crippen LogP contribution in [-0.2, 0) is 9.59 Å². The number of amides is 4. The van der Waals surface area contributed by atoms with Gasteiger partial charge >= 0.3 is 6.03 Å². The van der Waals surface area contributed by atoms with Crippen molar-refractivity contribution in [3.63, 3.8) is 0 Å². The number of barbiturate groups is 1. The third-order valence-electron chi connectivity index (χ3n) is 5.55. The van der Waals surface area contributed by atoms with Gasteiger partial charge in [-0.1, -0.05) is 22.0 Å². The lowest BCUT2D eigenvalue weighted by atomic mass is 10.1. The quantitative estimate of drug-likeness (QED) is 0.422. The molecule has 1 fully saturated rings. The number of hydrogen-bond acceptors (Lipinski definition) is 5. The molecule has 2 aliphatic heterocycles. The van der Waals surface area contributed by atoms with Crippen molar-refractivity contribution in [2.75, 3.05) is 11.7 Å². The summed E-state index contributed by atoms with van der Waals surface area (Å²) in [5, 5.41) is 2.25. The molecule has 3 heterocycles. The molecule has 2 aliphatic rings. The maximum atomic E-state index is 13.3. The number of aryl methyl sites for hydroxylation is 1. The Hall–Kier alpha value is -3.85. The van der Waals surface area contributed by atoms with E-state index in [1.54, 1.807) is 12.1 Å². The molecule has 0 atom stereocenters. The number of fused-ring (bicyclic) bond motifs is 1. The van der Waals surface area contributed by atoms with Gasteiger partial charge in [-0.25, -0.2) is 9.69 Å². The average molecular weight is 508 g/mol. The molecule has 1 aromatic heterocycles. The van der Waals surface area contributed by atoms with Gasteiger partial charge in [-0.05, 0) is 61.9 Å². The Balaban J connectivity index is 1.54. The van der Waals surface area contributed by atoms with Crippen molar-refractivity contribution in [3.8, 4) is 17.2 Å². The van der Waals surface area contributed by atoms with E-state index in [2.05, 4.69) is 21.2 Å². The molecule has 4 amide bonds. The highest BCUT2D eigenvalue weighted by molar-refractivity contribution is 9.10. The number of hydrogen-bond donors (Lipinski definition) is 1. The Bertz CT molecular complexity index is 1370. The zero-order chi connectivity index (χ0) is 23.3. The van der Waals surface area contributed by atoms with E-state index < -0.39 is 17.8 Å². The van der Waals surface area contributed by atoms with Crippen LogP contribution in [0.5, 0.6) is 11.5 Å². The fourth-order valence-electron chi connectivity index (χ4n) is 4.02. The lowest BCUT2D eigenvalue weighted by Gasteiger charge is -2.26. The van der Waals surface area contributed by atoms with Gasteiger partial charge in [0.05, 0.1) is 5.69 Å². The number of carbonyl (C=O) groups is 3. The van der Waals surface area contributed by atoms with Gasteiger partial charge in [0.25, 0.3) is 11.8 Å². The number of rotatable bonds is 3. The van der Waals surface area contributed by atoms with Crippen LogP contribution in [0.3, 0.4) is 0 Å². The number of nitrogens with one attached hydrogen (secondary N) is 1. The topological polar surface area (TPSA) is 89.9 Å². The summed E-state index contributed by atoms with van der Waals surface area (Å²) in [5.74, 6) is -0.507. The predicted octanol–water partition coefficient (Wildman–Crippen LogP) is 4.25. The first-order chi connectivity index (χ1) is 15.8. The van der Waals surface area contributed by atoms with E-state index in [0.29, 0.717) is 17.1 Å². The fourth-order valence-corrected chi connectivity index (χ4v) is 4.41. The molecule has 166 valence electrons. The van der Waals surface area contributed by atoms with Gasteiger partial charge in [0.15, 0.2) is 11.5 Å². The smallest absolute Gasteiger partial charge is 0.335 e. The largest absolute Gasteiger partial charge is 0.454 e. The van der Waals surface area contributed by atoms with Crippen LogP contribution in [0.2, 0.25) is 0 Å². The minimum atomic E-state index is -0.819. The normalized spacial score (nSPS) is 16.5. The zero-order valence-electron chi connectivity index (χ0n) is 17.7. The SMILES string of the molecule is Cc1cc(/C=C2\C(=O)NC(=O)N(c3ccc4c(c3)OCO4)C2=O)c(C)n1-c1cccc(Br)c1. The summed E-state index contributed by atoms with van der Waals surface area (Å²) in [6.07, 6.45) is 1.51. The Labute approximate surface area is 197 Å². The number of imide groups is 2. The van der Waals surface area contributed by atoms with E-state index in [4.69, 9.17) is 9.47 Å². The molecule has 1 N–H and O–H groups in total. The van der Waals surface area contributed by atoms with E-state index >= 15 is 0 Å². The molecule has 3 aromatic rings. The highest BCUT2D eigenvalue weighted by Gasteiger charge is 2.37. The first kappa shape index (κ1) is 21.0. The Morgan fingerprint density at radius 3 is 2.55 bits per heavy atom. The van der Waals surface area contributed by atoms with E-state index in [1.807, 2.05) is 48.7 Å². The molecular formula is C24H18BrN3O5. The standard InChI is InChI=1S/C24H18BrN3O5/c1-13-8-15(14(2)27(13)17-5-3-4-16(25)10-17)9-19-22(29)26-24(31)28(23(19)30)18-6-7-20-21(11-18)33-12-32-20/h3-11H,12H2,1-2H3,(H,26,29,31)/b19-9+. The number of carbonyl (C=O) groups excluding carboxylic acids is 3. The third-order valence-corrected chi connectivity index (χ3v) is 6.05. The first-order valence-corrected chi connectivity index (χ1v) is 10.9. The van der Waals surface area contributed by atoms with Crippen LogP contribution < -0.4 is 19.7 Å². The lowest BCUT2D eigenvalue weighted by Crippen LogP contribution is -2.54. The minimum Gasteiger partial charge on any atom is -0.454 e. The summed E-state index contributed by atoms with van der Waals surface area (Å²) in [5.41, 5.74) is 3.57. The van der Waals surface area contributed by atoms with Crippen molar-refractivity contribution in [3.05, 3.63) is 75.5 Å². The van der Waals surface area contributed by atoms with Crippen molar-refractivity contribution >= 4 is 45.5 Å². The second kappa shape index (κ2) is 7.93. The monoisotopic (exact) mass is 507 g/mol. The van der Waals surface area contributed by atoms with E-state index in [0.717, 1.165) is 26.4 Å². The maximum Gasteiger partial charge on any atom is 0.335 e. The van der Waals surface area contributed by atoms with Crippen molar-refractivity contribution in [1.82, 2.24) is 9.88 Å². The van der Waals surface area contributed by atoms with Crippen molar-refractivity contribution in [2.24, 2.45) is 0 Å². The van der Waals surface area contributed by atoms with Crippen LogP contribution in [0.1, 0.15) is 17.0 Å². The number of aromatic nitrogens is 1. The Kier molecular flexibility index (Phi) is 5.05. The van der Waals surface area contributed by atoms with Gasteiger partial charge in [0.1, 0.15) is 5.57 Å². The molecule has 0 bridgehead atoms. The average Bonchev–Trinajstić information content (AvgIpc) is 3.34. The summed E-state index contributed by atoms with van der Waals surface area (Å²) in [6, 6.07) is 13.6. The number of benzene rings is 2. The summed E-state index contributed by atoms with van der Waals surface area (Å²) in [7, 11) is 0. The number of ether oxygens (including phenoxy) is 2. The van der Waals surface area contributed by atoms with Crippen molar-refractivity contribution in [2.45, 2.75) is 13.8 Å². The third kappa shape index (κ3) is 3.60. The molecule has 0 aliphatic carbocycles. The lowest BCUT2D eigenvalue weighted by molar-refractivity contribution is -0.122. The van der Waals surface area contributed by atoms with E-state index in [9.17, 15) is 14.4 Å². The summed E-state index contributed by atoms with van der Waals surface area (Å²) in [6.45, 7) is 3.92. The molecule has 0 radical (unpaired) electrons. The van der Waals surface area contributed by atoms with E-state index in [1.165, 1.54) is 12.1 Å². The molecule has 1 saturated heterocycles. The Morgan fingerprint density at radius 2 is 1.76 bits per heavy atom. The van der Waals surface area contributed by atoms with Crippen LogP contribution in [0.4, 0.5) is 10.5 Å². The maximum absolute atomic E-state index is 13.3. The van der Waals surface area contributed by atoms with Gasteiger partial charge in [0, 0.05) is 27.6 Å². The molecule has 2 aromatic carbocycles. The molecule has 0 spiro atoms. The predicted molar refractivity (Wildman–Crippen MR) is 125 cm³/mol. The first-order valence-electron chi connectivity index (χ1n) is 10.1. The summed E-state index contributed by atoms with van der Waals surface area (Å²) < 4.78 is 13.6. The minimum absolute atomic E-state index is 0.0656. The van der Waals surface area contributed by atoms with Gasteiger partial charge in [0.2, 0.25) is 6.79 Å². The van der Waals surface area contributed by atoms with Crippen LogP contribution in [-0.4, -0.2) is 29.2 Å².